The second-order valence-corrected chi connectivity index (χ2v) is 2.50. The highest BCUT2D eigenvalue weighted by Gasteiger charge is 2.27. The summed E-state index contributed by atoms with van der Waals surface area (Å²) in [5.41, 5.74) is -0.186. The van der Waals surface area contributed by atoms with Crippen LogP contribution in [0.5, 0.6) is 0 Å². The molecule has 0 aromatic carbocycles. The zero-order chi connectivity index (χ0) is 9.14. The van der Waals surface area contributed by atoms with Crippen molar-refractivity contribution in [3.05, 3.63) is 11.6 Å². The van der Waals surface area contributed by atoms with Crippen LogP contribution < -0.4 is 0 Å². The second-order valence-electron chi connectivity index (χ2n) is 2.50. The Morgan fingerprint density at radius 3 is 2.83 bits per heavy atom. The summed E-state index contributed by atoms with van der Waals surface area (Å²) >= 11 is 0. The van der Waals surface area contributed by atoms with E-state index in [1.165, 1.54) is 0 Å². The molecule has 0 spiro atoms. The van der Waals surface area contributed by atoms with Crippen molar-refractivity contribution in [2.75, 3.05) is 0 Å². The van der Waals surface area contributed by atoms with Crippen molar-refractivity contribution < 1.29 is 24.8 Å². The average Bonchev–Trinajstić information content (AvgIpc) is 2.04. The smallest absolute Gasteiger partial charge is 0.334 e. The first kappa shape index (κ1) is 8.89. The molecule has 0 bridgehead atoms. The van der Waals surface area contributed by atoms with Gasteiger partial charge in [-0.15, -0.1) is 0 Å². The maximum atomic E-state index is 10.8. The highest BCUT2D eigenvalue weighted by atomic mass is 17.1. The monoisotopic (exact) mass is 172 g/mol. The Labute approximate surface area is 68.2 Å². The van der Waals surface area contributed by atoms with E-state index in [-0.39, 0.29) is 24.2 Å². The molecule has 1 unspecified atom stereocenters. The Morgan fingerprint density at radius 2 is 2.33 bits per heavy atom. The highest BCUT2D eigenvalue weighted by Crippen LogP contribution is 2.18. The van der Waals surface area contributed by atoms with E-state index >= 15 is 0 Å². The van der Waals surface area contributed by atoms with Gasteiger partial charge in [-0.2, -0.15) is 0 Å². The van der Waals surface area contributed by atoms with E-state index in [1.54, 1.807) is 0 Å². The van der Waals surface area contributed by atoms with E-state index in [2.05, 4.69) is 4.89 Å². The summed E-state index contributed by atoms with van der Waals surface area (Å²) in [6.45, 7) is 0. The summed E-state index contributed by atoms with van der Waals surface area (Å²) in [6, 6.07) is 0. The third-order valence-electron chi connectivity index (χ3n) is 1.69. The van der Waals surface area contributed by atoms with Gasteiger partial charge < -0.3 is 5.11 Å². The minimum absolute atomic E-state index is 0.186. The van der Waals surface area contributed by atoms with Gasteiger partial charge in [-0.05, 0) is 12.5 Å². The number of carboxylic acids is 1. The van der Waals surface area contributed by atoms with E-state index in [9.17, 15) is 9.59 Å². The Bertz CT molecular complexity index is 242. The lowest BCUT2D eigenvalue weighted by atomic mass is 9.96. The maximum Gasteiger partial charge on any atom is 0.334 e. The fourth-order valence-corrected chi connectivity index (χ4v) is 1.08. The SMILES string of the molecule is O=C1C=C(C(=O)O)C(OO)CC1. The van der Waals surface area contributed by atoms with Crippen molar-refractivity contribution in [3.8, 4) is 0 Å². The molecule has 1 aliphatic rings. The largest absolute Gasteiger partial charge is 0.478 e. The maximum absolute atomic E-state index is 10.8. The highest BCUT2D eigenvalue weighted by molar-refractivity contribution is 6.00. The van der Waals surface area contributed by atoms with E-state index < -0.39 is 12.1 Å². The molecule has 5 heteroatoms. The lowest BCUT2D eigenvalue weighted by molar-refractivity contribution is -0.270. The topological polar surface area (TPSA) is 83.8 Å². The van der Waals surface area contributed by atoms with Crippen LogP contribution in [0.4, 0.5) is 0 Å². The first-order valence-electron chi connectivity index (χ1n) is 3.43. The number of hydrogen-bond acceptors (Lipinski definition) is 4. The summed E-state index contributed by atoms with van der Waals surface area (Å²) in [6.07, 6.45) is 0.544. The van der Waals surface area contributed by atoms with Gasteiger partial charge >= 0.3 is 5.97 Å². The fraction of sp³-hybridized carbons (Fsp3) is 0.429. The zero-order valence-electron chi connectivity index (χ0n) is 6.19. The summed E-state index contributed by atoms with van der Waals surface area (Å²) in [4.78, 5) is 25.1. The molecule has 0 amide bonds. The Hall–Kier alpha value is -1.20. The standard InChI is InChI=1S/C7H8O5/c8-4-1-2-6(12-11)5(3-4)7(9)10/h3,6,11H,1-2H2,(H,9,10). The van der Waals surface area contributed by atoms with E-state index in [1.807, 2.05) is 0 Å². The lowest BCUT2D eigenvalue weighted by Gasteiger charge is -2.16. The molecule has 0 aromatic heterocycles. The third kappa shape index (κ3) is 1.69. The summed E-state index contributed by atoms with van der Waals surface area (Å²) < 4.78 is 0. The molecule has 0 aliphatic heterocycles. The van der Waals surface area contributed by atoms with Gasteiger partial charge in [0, 0.05) is 6.42 Å². The number of hydrogen-bond donors (Lipinski definition) is 2. The molecule has 1 rings (SSSR count). The number of carbonyl (C=O) groups excluding carboxylic acids is 1. The molecule has 66 valence electrons. The van der Waals surface area contributed by atoms with Crippen molar-refractivity contribution in [2.24, 2.45) is 0 Å². The first-order chi connectivity index (χ1) is 5.65. The van der Waals surface area contributed by atoms with Crippen LogP contribution in [0.15, 0.2) is 11.6 Å². The molecule has 0 radical (unpaired) electrons. The molecule has 0 saturated carbocycles. The number of allylic oxidation sites excluding steroid dienone is 1. The molecule has 1 aliphatic carbocycles. The Morgan fingerprint density at radius 1 is 1.67 bits per heavy atom. The molecule has 5 nitrogen and oxygen atoms in total. The van der Waals surface area contributed by atoms with Crippen LogP contribution in [0, 0.1) is 0 Å². The van der Waals surface area contributed by atoms with E-state index in [0.717, 1.165) is 6.08 Å². The molecule has 0 aromatic rings. The van der Waals surface area contributed by atoms with E-state index in [4.69, 9.17) is 10.4 Å². The Balaban J connectivity index is 2.87. The predicted molar refractivity (Wildman–Crippen MR) is 37.5 cm³/mol. The normalized spacial score (nSPS) is 23.6. The van der Waals surface area contributed by atoms with Gasteiger partial charge in [-0.3, -0.25) is 10.1 Å². The number of ketones is 1. The third-order valence-corrected chi connectivity index (χ3v) is 1.69. The van der Waals surface area contributed by atoms with Gasteiger partial charge in [0.15, 0.2) is 5.78 Å². The van der Waals surface area contributed by atoms with Crippen molar-refractivity contribution >= 4 is 11.8 Å². The minimum atomic E-state index is -1.23. The van der Waals surface area contributed by atoms with Gasteiger partial charge in [0.25, 0.3) is 0 Å². The molecular weight excluding hydrogens is 164 g/mol. The van der Waals surface area contributed by atoms with Crippen LogP contribution in [0.1, 0.15) is 12.8 Å². The van der Waals surface area contributed by atoms with Gasteiger partial charge in [-0.1, -0.05) is 0 Å². The average molecular weight is 172 g/mol. The molecule has 12 heavy (non-hydrogen) atoms. The number of carbonyl (C=O) groups is 2. The first-order valence-corrected chi connectivity index (χ1v) is 3.43. The van der Waals surface area contributed by atoms with Crippen LogP contribution in [0.2, 0.25) is 0 Å². The van der Waals surface area contributed by atoms with Crippen LogP contribution in [-0.2, 0) is 14.5 Å². The van der Waals surface area contributed by atoms with Gasteiger partial charge in [-0.25, -0.2) is 9.68 Å². The van der Waals surface area contributed by atoms with Crippen molar-refractivity contribution in [1.29, 1.82) is 0 Å². The van der Waals surface area contributed by atoms with Crippen molar-refractivity contribution in [1.82, 2.24) is 0 Å². The number of aliphatic carboxylic acids is 1. The molecule has 0 fully saturated rings. The summed E-state index contributed by atoms with van der Waals surface area (Å²) in [5, 5.41) is 16.8. The Kier molecular flexibility index (Phi) is 2.57. The lowest BCUT2D eigenvalue weighted by Crippen LogP contribution is -2.25. The van der Waals surface area contributed by atoms with Gasteiger partial charge in [0.2, 0.25) is 0 Å². The molecule has 1 atom stereocenters. The quantitative estimate of drug-likeness (QED) is 0.459. The second kappa shape index (κ2) is 3.46. The zero-order valence-corrected chi connectivity index (χ0v) is 6.19. The molecule has 0 saturated heterocycles. The predicted octanol–water partition coefficient (Wildman–Crippen LogP) is 0.218. The fourth-order valence-electron chi connectivity index (χ4n) is 1.08. The van der Waals surface area contributed by atoms with E-state index in [0.29, 0.717) is 0 Å². The minimum Gasteiger partial charge on any atom is -0.478 e. The summed E-state index contributed by atoms with van der Waals surface area (Å²) in [5.74, 6) is -1.48. The number of carboxylic acid groups (broad SMARTS) is 1. The van der Waals surface area contributed by atoms with Crippen molar-refractivity contribution in [2.45, 2.75) is 18.9 Å². The van der Waals surface area contributed by atoms with Gasteiger partial charge in [0.1, 0.15) is 6.10 Å². The number of rotatable bonds is 2. The van der Waals surface area contributed by atoms with Crippen LogP contribution in [0.3, 0.4) is 0 Å². The molecule has 0 heterocycles. The molecule has 2 N–H and O–H groups in total. The van der Waals surface area contributed by atoms with Crippen molar-refractivity contribution in [3.63, 3.8) is 0 Å². The summed E-state index contributed by atoms with van der Waals surface area (Å²) in [7, 11) is 0. The van der Waals surface area contributed by atoms with Gasteiger partial charge in [0.05, 0.1) is 5.57 Å². The van der Waals surface area contributed by atoms with Crippen LogP contribution in [0.25, 0.3) is 0 Å². The van der Waals surface area contributed by atoms with Crippen LogP contribution in [-0.4, -0.2) is 28.2 Å². The molecular formula is C7H8O5. The van der Waals surface area contributed by atoms with Crippen LogP contribution >= 0.6 is 0 Å².